The average Bonchev–Trinajstić information content (AvgIpc) is 2.36. The fraction of sp³-hybridized carbons (Fsp3) is 0.375. The third-order valence-electron chi connectivity index (χ3n) is 2.45. The van der Waals surface area contributed by atoms with Crippen molar-refractivity contribution in [2.75, 3.05) is 6.54 Å². The first kappa shape index (κ1) is 17.2. The number of alkyl carbamates (subject to hydrolysis) is 1. The molecule has 0 saturated heterocycles. The van der Waals surface area contributed by atoms with Crippen LogP contribution in [0.4, 0.5) is 4.79 Å². The molecule has 114 valence electrons. The lowest BCUT2D eigenvalue weighted by molar-refractivity contribution is 0.0528. The highest BCUT2D eigenvalue weighted by Crippen LogP contribution is 2.16. The summed E-state index contributed by atoms with van der Waals surface area (Å²) in [5.74, 6) is 0. The normalized spacial score (nSPS) is 11.4. The van der Waals surface area contributed by atoms with Gasteiger partial charge in [-0.15, -0.1) is 0 Å². The van der Waals surface area contributed by atoms with Gasteiger partial charge in [0.2, 0.25) is 0 Å². The Hall–Kier alpha value is -1.81. The molecule has 1 N–H and O–H groups in total. The molecule has 0 aliphatic carbocycles. The van der Waals surface area contributed by atoms with Crippen LogP contribution in [-0.2, 0) is 4.74 Å². The Morgan fingerprint density at radius 1 is 1.33 bits per heavy atom. The van der Waals surface area contributed by atoms with Crippen LogP contribution in [0.25, 0.3) is 6.08 Å². The second-order valence-corrected chi connectivity index (χ2v) is 5.95. The van der Waals surface area contributed by atoms with Crippen LogP contribution in [0.3, 0.4) is 0 Å². The van der Waals surface area contributed by atoms with Gasteiger partial charge in [0.25, 0.3) is 0 Å². The van der Waals surface area contributed by atoms with E-state index in [1.807, 2.05) is 32.9 Å². The Labute approximate surface area is 130 Å². The highest BCUT2D eigenvalue weighted by molar-refractivity contribution is 6.30. The van der Waals surface area contributed by atoms with Crippen LogP contribution in [0.2, 0.25) is 5.02 Å². The molecular weight excluding hydrogens is 290 g/mol. The van der Waals surface area contributed by atoms with Gasteiger partial charge in [-0.05, 0) is 51.0 Å². The second-order valence-electron chi connectivity index (χ2n) is 5.51. The van der Waals surface area contributed by atoms with Crippen LogP contribution in [-0.4, -0.2) is 24.5 Å². The minimum atomic E-state index is -0.500. The molecule has 1 aromatic rings. The molecule has 0 aliphatic rings. The lowest BCUT2D eigenvalue weighted by Gasteiger charge is -2.19. The summed E-state index contributed by atoms with van der Waals surface area (Å²) >= 11 is 5.89. The minimum absolute atomic E-state index is 0.438. The smallest absolute Gasteiger partial charge is 0.407 e. The third-order valence-corrected chi connectivity index (χ3v) is 2.69. The number of nitrogens with one attached hydrogen (secondary N) is 1. The molecule has 0 aromatic heterocycles. The van der Waals surface area contributed by atoms with Crippen LogP contribution in [0, 0.1) is 0 Å². The summed E-state index contributed by atoms with van der Waals surface area (Å²) in [6.45, 7) is 5.90. The largest absolute Gasteiger partial charge is 0.444 e. The molecule has 1 amide bonds. The van der Waals surface area contributed by atoms with Crippen LogP contribution in [0.5, 0.6) is 0 Å². The molecule has 0 heterocycles. The summed E-state index contributed by atoms with van der Waals surface area (Å²) in [7, 11) is 0. The standard InChI is InChI=1S/C16H20ClNO3/c1-16(2,3)21-15(20)18-9-5-4-6-12-10-14(17)8-7-13(12)11-19/h4,6-8,10-11H,5,9H2,1-3H3,(H,18,20). The van der Waals surface area contributed by atoms with Crippen LogP contribution >= 0.6 is 11.6 Å². The average molecular weight is 310 g/mol. The van der Waals surface area contributed by atoms with Crippen molar-refractivity contribution in [2.24, 2.45) is 0 Å². The van der Waals surface area contributed by atoms with Gasteiger partial charge >= 0.3 is 6.09 Å². The number of carbonyl (C=O) groups excluding carboxylic acids is 2. The molecule has 0 saturated carbocycles. The van der Waals surface area contributed by atoms with E-state index in [1.165, 1.54) is 0 Å². The number of ether oxygens (including phenoxy) is 1. The van der Waals surface area contributed by atoms with Gasteiger partial charge in [-0.1, -0.05) is 23.8 Å². The molecule has 0 atom stereocenters. The zero-order valence-corrected chi connectivity index (χ0v) is 13.2. The predicted octanol–water partition coefficient (Wildman–Crippen LogP) is 4.08. The Morgan fingerprint density at radius 3 is 2.67 bits per heavy atom. The van der Waals surface area contributed by atoms with Crippen molar-refractivity contribution < 1.29 is 14.3 Å². The van der Waals surface area contributed by atoms with Gasteiger partial charge in [0.15, 0.2) is 6.29 Å². The summed E-state index contributed by atoms with van der Waals surface area (Å²) in [5.41, 5.74) is 0.838. The van der Waals surface area contributed by atoms with E-state index in [9.17, 15) is 9.59 Å². The van der Waals surface area contributed by atoms with Gasteiger partial charge in [-0.3, -0.25) is 4.79 Å². The lowest BCUT2D eigenvalue weighted by Crippen LogP contribution is -2.32. The van der Waals surface area contributed by atoms with E-state index < -0.39 is 11.7 Å². The molecule has 0 aliphatic heterocycles. The van der Waals surface area contributed by atoms with Gasteiger partial charge in [0.1, 0.15) is 5.60 Å². The van der Waals surface area contributed by atoms with Crippen molar-refractivity contribution >= 4 is 30.1 Å². The highest BCUT2D eigenvalue weighted by Gasteiger charge is 2.15. The van der Waals surface area contributed by atoms with Crippen LogP contribution in [0.1, 0.15) is 43.1 Å². The Kier molecular flexibility index (Phi) is 6.43. The van der Waals surface area contributed by atoms with Gasteiger partial charge in [-0.25, -0.2) is 4.79 Å². The molecule has 1 rings (SSSR count). The van der Waals surface area contributed by atoms with Crippen LogP contribution < -0.4 is 5.32 Å². The molecule has 5 heteroatoms. The monoisotopic (exact) mass is 309 g/mol. The lowest BCUT2D eigenvalue weighted by atomic mass is 10.1. The SMILES string of the molecule is CC(C)(C)OC(=O)NCCC=Cc1cc(Cl)ccc1C=O. The van der Waals surface area contributed by atoms with Crippen molar-refractivity contribution in [1.82, 2.24) is 5.32 Å². The molecule has 21 heavy (non-hydrogen) atoms. The van der Waals surface area contributed by atoms with E-state index in [0.29, 0.717) is 23.6 Å². The van der Waals surface area contributed by atoms with Gasteiger partial charge in [0.05, 0.1) is 0 Å². The highest BCUT2D eigenvalue weighted by atomic mass is 35.5. The predicted molar refractivity (Wildman–Crippen MR) is 84.7 cm³/mol. The van der Waals surface area contributed by atoms with Gasteiger partial charge < -0.3 is 10.1 Å². The quantitative estimate of drug-likeness (QED) is 0.658. The summed E-state index contributed by atoms with van der Waals surface area (Å²) in [5, 5.41) is 3.23. The maximum Gasteiger partial charge on any atom is 0.407 e. The van der Waals surface area contributed by atoms with E-state index in [2.05, 4.69) is 5.32 Å². The molecular formula is C16H20ClNO3. The summed E-state index contributed by atoms with van der Waals surface area (Å²) in [6, 6.07) is 5.07. The maximum atomic E-state index is 11.4. The first-order valence-corrected chi connectivity index (χ1v) is 7.08. The second kappa shape index (κ2) is 7.84. The number of rotatable bonds is 5. The number of benzene rings is 1. The number of amides is 1. The zero-order valence-electron chi connectivity index (χ0n) is 12.5. The minimum Gasteiger partial charge on any atom is -0.444 e. The van der Waals surface area contributed by atoms with E-state index >= 15 is 0 Å². The van der Waals surface area contributed by atoms with Crippen molar-refractivity contribution in [3.63, 3.8) is 0 Å². The topological polar surface area (TPSA) is 55.4 Å². The number of halogens is 1. The molecule has 0 bridgehead atoms. The van der Waals surface area contributed by atoms with Crippen molar-refractivity contribution in [2.45, 2.75) is 32.8 Å². The number of aldehydes is 1. The molecule has 0 spiro atoms. The number of hydrogen-bond acceptors (Lipinski definition) is 3. The third kappa shape index (κ3) is 6.95. The van der Waals surface area contributed by atoms with E-state index in [1.54, 1.807) is 18.2 Å². The Balaban J connectivity index is 2.44. The van der Waals surface area contributed by atoms with Crippen molar-refractivity contribution in [3.8, 4) is 0 Å². The first-order valence-electron chi connectivity index (χ1n) is 6.70. The maximum absolute atomic E-state index is 11.4. The molecule has 0 fully saturated rings. The summed E-state index contributed by atoms with van der Waals surface area (Å²) in [4.78, 5) is 22.3. The van der Waals surface area contributed by atoms with Crippen molar-refractivity contribution in [3.05, 3.63) is 40.4 Å². The van der Waals surface area contributed by atoms with E-state index in [-0.39, 0.29) is 0 Å². The number of hydrogen-bond donors (Lipinski definition) is 1. The summed E-state index contributed by atoms with van der Waals surface area (Å²) < 4.78 is 5.12. The molecule has 4 nitrogen and oxygen atoms in total. The summed E-state index contributed by atoms with van der Waals surface area (Å²) in [6.07, 6.45) is 4.66. The fourth-order valence-electron chi connectivity index (χ4n) is 1.58. The molecule has 0 unspecified atom stereocenters. The number of carbonyl (C=O) groups is 2. The van der Waals surface area contributed by atoms with Crippen LogP contribution in [0.15, 0.2) is 24.3 Å². The molecule has 0 radical (unpaired) electrons. The Bertz CT molecular complexity index is 533. The fourth-order valence-corrected chi connectivity index (χ4v) is 1.76. The van der Waals surface area contributed by atoms with Gasteiger partial charge in [0, 0.05) is 17.1 Å². The van der Waals surface area contributed by atoms with Crippen molar-refractivity contribution in [1.29, 1.82) is 0 Å². The van der Waals surface area contributed by atoms with E-state index in [4.69, 9.17) is 16.3 Å². The van der Waals surface area contributed by atoms with E-state index in [0.717, 1.165) is 11.8 Å². The Morgan fingerprint density at radius 2 is 2.05 bits per heavy atom. The first-order chi connectivity index (χ1) is 9.81. The zero-order chi connectivity index (χ0) is 15.9. The van der Waals surface area contributed by atoms with Gasteiger partial charge in [-0.2, -0.15) is 0 Å². The molecule has 1 aromatic carbocycles.